The summed E-state index contributed by atoms with van der Waals surface area (Å²) in [5.41, 5.74) is -2.71. The molecule has 1 aromatic carbocycles. The molecular weight excluding hydrogens is 524 g/mol. The zero-order valence-electron chi connectivity index (χ0n) is 20.3. The van der Waals surface area contributed by atoms with Crippen molar-refractivity contribution in [1.82, 2.24) is 0 Å². The van der Waals surface area contributed by atoms with Crippen molar-refractivity contribution in [2.45, 2.75) is 42.7 Å². The Kier molecular flexibility index (Phi) is 7.85. The Bertz CT molecular complexity index is 1390. The van der Waals surface area contributed by atoms with E-state index in [9.17, 15) is 39.6 Å². The third-order valence-corrected chi connectivity index (χ3v) is 6.11. The van der Waals surface area contributed by atoms with Crippen LogP contribution in [0.5, 0.6) is 11.5 Å². The molecule has 2 aliphatic rings. The van der Waals surface area contributed by atoms with E-state index in [2.05, 4.69) is 0 Å². The predicted octanol–water partition coefficient (Wildman–Crippen LogP) is -1.11. The van der Waals surface area contributed by atoms with E-state index in [1.54, 1.807) is 0 Å². The monoisotopic (exact) mass is 548 g/mol. The van der Waals surface area contributed by atoms with Crippen LogP contribution in [0.3, 0.4) is 0 Å². The van der Waals surface area contributed by atoms with Crippen molar-refractivity contribution in [2.75, 3.05) is 13.7 Å². The van der Waals surface area contributed by atoms with Crippen molar-refractivity contribution in [1.29, 1.82) is 0 Å². The summed E-state index contributed by atoms with van der Waals surface area (Å²) in [6.45, 7) is -0.652. The molecule has 0 unspecified atom stereocenters. The van der Waals surface area contributed by atoms with Crippen LogP contribution in [0, 0.1) is 0 Å². The normalized spacial score (nSPS) is 25.9. The molecule has 1 fully saturated rings. The number of aliphatic hydroxyl groups excluding tert-OH is 3. The number of fused-ring (bicyclic) bond motifs is 1. The van der Waals surface area contributed by atoms with Gasteiger partial charge in [-0.1, -0.05) is 0 Å². The first-order chi connectivity index (χ1) is 18.4. The minimum absolute atomic E-state index is 0.0203. The number of hydrogen-bond acceptors (Lipinski definition) is 13. The summed E-state index contributed by atoms with van der Waals surface area (Å²) in [6, 6.07) is 2.48. The smallest absolute Gasteiger partial charge is 0.317 e. The molecule has 0 amide bonds. The number of carboxylic acid groups (broad SMARTS) is 1. The SMILES string of the molecule is COc1cc2c(=O)c(C3(O)C=CC(=O)C=C3)coc2cc1O[C@@H]1O[C@H](COC(=O)CC(=O)O)[C@@H](O)[C@H](O)[C@H]1O. The molecule has 1 aliphatic carbocycles. The highest BCUT2D eigenvalue weighted by Gasteiger charge is 2.46. The van der Waals surface area contributed by atoms with Crippen LogP contribution in [0.1, 0.15) is 12.0 Å². The van der Waals surface area contributed by atoms with Gasteiger partial charge in [0, 0.05) is 6.07 Å². The first-order valence-corrected chi connectivity index (χ1v) is 11.5. The maximum atomic E-state index is 13.2. The highest BCUT2D eigenvalue weighted by Crippen LogP contribution is 2.35. The van der Waals surface area contributed by atoms with Crippen molar-refractivity contribution in [3.8, 4) is 11.5 Å². The van der Waals surface area contributed by atoms with Gasteiger partial charge in [-0.25, -0.2) is 0 Å². The maximum absolute atomic E-state index is 13.2. The number of carbonyl (C=O) groups excluding carboxylic acids is 2. The van der Waals surface area contributed by atoms with Crippen molar-refractivity contribution >= 4 is 28.7 Å². The van der Waals surface area contributed by atoms with Gasteiger partial charge in [0.25, 0.3) is 0 Å². The maximum Gasteiger partial charge on any atom is 0.317 e. The third kappa shape index (κ3) is 5.69. The number of allylic oxidation sites excluding steroid dienone is 2. The zero-order valence-corrected chi connectivity index (χ0v) is 20.3. The Hall–Kier alpha value is -4.08. The lowest BCUT2D eigenvalue weighted by molar-refractivity contribution is -0.278. The summed E-state index contributed by atoms with van der Waals surface area (Å²) in [5, 5.41) is 50.3. The first kappa shape index (κ1) is 27.9. The number of aliphatic hydroxyl groups is 4. The Morgan fingerprint density at radius 3 is 2.36 bits per heavy atom. The number of methoxy groups -OCH3 is 1. The van der Waals surface area contributed by atoms with Crippen molar-refractivity contribution in [3.63, 3.8) is 0 Å². The molecule has 208 valence electrons. The summed E-state index contributed by atoms with van der Waals surface area (Å²) < 4.78 is 26.7. The number of ketones is 1. The molecule has 5 atom stereocenters. The first-order valence-electron chi connectivity index (χ1n) is 11.5. The average molecular weight is 548 g/mol. The molecule has 0 radical (unpaired) electrons. The molecule has 14 heteroatoms. The number of carbonyl (C=O) groups is 3. The number of hydrogen-bond donors (Lipinski definition) is 5. The molecule has 2 aromatic rings. The van der Waals surface area contributed by atoms with Crippen molar-refractivity contribution in [3.05, 3.63) is 58.5 Å². The van der Waals surface area contributed by atoms with Gasteiger partial charge in [-0.3, -0.25) is 19.2 Å². The highest BCUT2D eigenvalue weighted by atomic mass is 16.7. The number of carboxylic acids is 1. The molecule has 39 heavy (non-hydrogen) atoms. The predicted molar refractivity (Wildman–Crippen MR) is 127 cm³/mol. The van der Waals surface area contributed by atoms with Crippen LogP contribution in [-0.4, -0.2) is 87.7 Å². The summed E-state index contributed by atoms with van der Waals surface area (Å²) in [7, 11) is 1.26. The van der Waals surface area contributed by atoms with Crippen LogP contribution in [0.2, 0.25) is 0 Å². The summed E-state index contributed by atoms with van der Waals surface area (Å²) >= 11 is 0. The molecular formula is C25H24O14. The molecule has 4 rings (SSSR count). The molecule has 1 aromatic heterocycles. The number of aliphatic carboxylic acids is 1. The highest BCUT2D eigenvalue weighted by molar-refractivity contribution is 6.00. The Morgan fingerprint density at radius 1 is 1.03 bits per heavy atom. The van der Waals surface area contributed by atoms with Crippen LogP contribution in [0.15, 0.2) is 51.9 Å². The van der Waals surface area contributed by atoms with Gasteiger partial charge < -0.3 is 48.9 Å². The van der Waals surface area contributed by atoms with Crippen LogP contribution < -0.4 is 14.9 Å². The van der Waals surface area contributed by atoms with E-state index in [1.165, 1.54) is 19.2 Å². The fourth-order valence-corrected chi connectivity index (χ4v) is 4.00. The minimum Gasteiger partial charge on any atom is -0.493 e. The second-order valence-electron chi connectivity index (χ2n) is 8.76. The topological polar surface area (TPSA) is 219 Å². The van der Waals surface area contributed by atoms with E-state index < -0.39 is 66.7 Å². The van der Waals surface area contributed by atoms with E-state index in [0.29, 0.717) is 0 Å². The second-order valence-corrected chi connectivity index (χ2v) is 8.76. The molecule has 0 bridgehead atoms. The van der Waals surface area contributed by atoms with Gasteiger partial charge in [-0.2, -0.15) is 0 Å². The number of esters is 1. The fraction of sp³-hybridized carbons (Fsp3) is 0.360. The van der Waals surface area contributed by atoms with E-state index in [4.69, 9.17) is 28.5 Å². The lowest BCUT2D eigenvalue weighted by Gasteiger charge is -2.40. The molecule has 5 N–H and O–H groups in total. The van der Waals surface area contributed by atoms with Gasteiger partial charge >= 0.3 is 11.9 Å². The number of benzene rings is 1. The summed E-state index contributed by atoms with van der Waals surface area (Å²) in [5.74, 6) is -3.06. The second kappa shape index (κ2) is 11.0. The van der Waals surface area contributed by atoms with Gasteiger partial charge in [0.05, 0.1) is 18.1 Å². The summed E-state index contributed by atoms with van der Waals surface area (Å²) in [6.07, 6.45) is -3.73. The standard InChI is InChI=1S/C25H24O14/c1-35-15-6-12-14(36-9-13(20(12)30)25(34)4-2-11(26)3-5-25)7-16(15)38-24-23(33)22(32)21(31)17(39-24)10-37-19(29)8-18(27)28/h2-7,9,17,21-24,31-34H,8,10H2,1H3,(H,27,28)/t17-,21-,22+,23-,24-/m1/s1. The molecule has 0 spiro atoms. The van der Waals surface area contributed by atoms with Crippen molar-refractivity contribution in [2.24, 2.45) is 0 Å². The van der Waals surface area contributed by atoms with Crippen LogP contribution in [-0.2, 0) is 29.5 Å². The molecule has 14 nitrogen and oxygen atoms in total. The van der Waals surface area contributed by atoms with Crippen LogP contribution >= 0.6 is 0 Å². The van der Waals surface area contributed by atoms with Gasteiger partial charge in [0.2, 0.25) is 6.29 Å². The molecule has 0 saturated carbocycles. The lowest BCUT2D eigenvalue weighted by atomic mass is 9.90. The fourth-order valence-electron chi connectivity index (χ4n) is 4.00. The van der Waals surface area contributed by atoms with Gasteiger partial charge in [-0.15, -0.1) is 0 Å². The molecule has 2 heterocycles. The van der Waals surface area contributed by atoms with Crippen molar-refractivity contribution < 1.29 is 63.3 Å². The van der Waals surface area contributed by atoms with Gasteiger partial charge in [0.15, 0.2) is 22.7 Å². The van der Waals surface area contributed by atoms with E-state index >= 15 is 0 Å². The molecule has 1 saturated heterocycles. The Balaban J connectivity index is 1.60. The van der Waals surface area contributed by atoms with Gasteiger partial charge in [0.1, 0.15) is 54.9 Å². The number of rotatable bonds is 8. The third-order valence-electron chi connectivity index (χ3n) is 6.11. The van der Waals surface area contributed by atoms with Crippen LogP contribution in [0.4, 0.5) is 0 Å². The van der Waals surface area contributed by atoms with E-state index in [0.717, 1.165) is 30.6 Å². The lowest BCUT2D eigenvalue weighted by Crippen LogP contribution is -2.60. The number of ether oxygens (including phenoxy) is 4. The Labute approximate surface area is 218 Å². The Morgan fingerprint density at radius 2 is 1.72 bits per heavy atom. The zero-order chi connectivity index (χ0) is 28.5. The quantitative estimate of drug-likeness (QED) is 0.195. The van der Waals surface area contributed by atoms with Gasteiger partial charge in [-0.05, 0) is 30.4 Å². The molecule has 1 aliphatic heterocycles. The largest absolute Gasteiger partial charge is 0.493 e. The minimum atomic E-state index is -1.88. The van der Waals surface area contributed by atoms with Crippen LogP contribution in [0.25, 0.3) is 11.0 Å². The van der Waals surface area contributed by atoms with E-state index in [-0.39, 0.29) is 33.8 Å². The summed E-state index contributed by atoms with van der Waals surface area (Å²) in [4.78, 5) is 46.8. The average Bonchev–Trinajstić information content (AvgIpc) is 2.89. The van der Waals surface area contributed by atoms with E-state index in [1.807, 2.05) is 0 Å².